The molecule has 1 amide bonds. The molecule has 19 heavy (non-hydrogen) atoms. The smallest absolute Gasteiger partial charge is 0.219 e. The molecular formula is C14H17N3O2. The van der Waals surface area contributed by atoms with E-state index in [4.69, 9.17) is 4.74 Å². The second-order valence-electron chi connectivity index (χ2n) is 4.49. The molecule has 0 spiro atoms. The minimum absolute atomic E-state index is 0.103. The fraction of sp³-hybridized carbons (Fsp3) is 0.429. The summed E-state index contributed by atoms with van der Waals surface area (Å²) in [5.74, 6) is 0.841. The lowest BCUT2D eigenvalue weighted by Crippen LogP contribution is -2.48. The van der Waals surface area contributed by atoms with Gasteiger partial charge in [-0.05, 0) is 12.1 Å². The number of hydrogen-bond donors (Lipinski definition) is 0. The highest BCUT2D eigenvalue weighted by Gasteiger charge is 2.20. The summed E-state index contributed by atoms with van der Waals surface area (Å²) in [6, 6.07) is 7.63. The van der Waals surface area contributed by atoms with E-state index in [-0.39, 0.29) is 5.91 Å². The maximum Gasteiger partial charge on any atom is 0.219 e. The van der Waals surface area contributed by atoms with Crippen LogP contribution in [0.25, 0.3) is 0 Å². The first kappa shape index (κ1) is 13.2. The number of piperazine rings is 1. The molecule has 0 aromatic heterocycles. The van der Waals surface area contributed by atoms with Crippen LogP contribution in [-0.4, -0.2) is 44.1 Å². The number of benzene rings is 1. The van der Waals surface area contributed by atoms with E-state index in [0.717, 1.165) is 24.5 Å². The molecule has 0 N–H and O–H groups in total. The lowest BCUT2D eigenvalue weighted by molar-refractivity contribution is -0.129. The van der Waals surface area contributed by atoms with Crippen molar-refractivity contribution < 1.29 is 9.53 Å². The molecule has 1 saturated heterocycles. The van der Waals surface area contributed by atoms with E-state index in [1.54, 1.807) is 26.2 Å². The zero-order valence-electron chi connectivity index (χ0n) is 11.2. The van der Waals surface area contributed by atoms with Crippen LogP contribution >= 0.6 is 0 Å². The van der Waals surface area contributed by atoms with Crippen LogP contribution in [0.2, 0.25) is 0 Å². The molecule has 5 nitrogen and oxygen atoms in total. The molecule has 0 unspecified atom stereocenters. The molecule has 0 radical (unpaired) electrons. The molecule has 1 aliphatic heterocycles. The maximum absolute atomic E-state index is 11.3. The minimum Gasteiger partial charge on any atom is -0.497 e. The van der Waals surface area contributed by atoms with Crippen LogP contribution in [0.1, 0.15) is 12.5 Å². The zero-order valence-corrected chi connectivity index (χ0v) is 11.2. The summed E-state index contributed by atoms with van der Waals surface area (Å²) < 4.78 is 5.20. The normalized spacial score (nSPS) is 15.0. The van der Waals surface area contributed by atoms with Gasteiger partial charge in [0.05, 0.1) is 18.4 Å². The summed E-state index contributed by atoms with van der Waals surface area (Å²) >= 11 is 0. The molecule has 1 fully saturated rings. The van der Waals surface area contributed by atoms with Crippen LogP contribution < -0.4 is 9.64 Å². The van der Waals surface area contributed by atoms with Gasteiger partial charge < -0.3 is 14.5 Å². The highest BCUT2D eigenvalue weighted by Crippen LogP contribution is 2.26. The molecule has 1 heterocycles. The van der Waals surface area contributed by atoms with Crippen LogP contribution in [0.3, 0.4) is 0 Å². The van der Waals surface area contributed by atoms with Gasteiger partial charge in [0, 0.05) is 39.2 Å². The van der Waals surface area contributed by atoms with Gasteiger partial charge in [0.25, 0.3) is 0 Å². The molecule has 0 bridgehead atoms. The molecule has 1 aromatic rings. The molecular weight excluding hydrogens is 242 g/mol. The second-order valence-corrected chi connectivity index (χ2v) is 4.49. The zero-order chi connectivity index (χ0) is 13.8. The molecule has 0 aliphatic carbocycles. The van der Waals surface area contributed by atoms with E-state index in [0.29, 0.717) is 18.7 Å². The summed E-state index contributed by atoms with van der Waals surface area (Å²) in [6.45, 7) is 4.44. The Morgan fingerprint density at radius 1 is 1.32 bits per heavy atom. The predicted molar refractivity (Wildman–Crippen MR) is 72.2 cm³/mol. The number of methoxy groups -OCH3 is 1. The van der Waals surface area contributed by atoms with Crippen molar-refractivity contribution in [1.82, 2.24) is 4.90 Å². The summed E-state index contributed by atoms with van der Waals surface area (Å²) in [6.07, 6.45) is 0. The summed E-state index contributed by atoms with van der Waals surface area (Å²) in [5, 5.41) is 9.17. The average Bonchev–Trinajstić information content (AvgIpc) is 2.46. The Bertz CT molecular complexity index is 514. The largest absolute Gasteiger partial charge is 0.497 e. The van der Waals surface area contributed by atoms with Gasteiger partial charge in [-0.3, -0.25) is 4.79 Å². The second kappa shape index (κ2) is 5.61. The highest BCUT2D eigenvalue weighted by molar-refractivity contribution is 5.73. The first-order valence-electron chi connectivity index (χ1n) is 6.24. The molecule has 0 atom stereocenters. The Labute approximate surface area is 113 Å². The van der Waals surface area contributed by atoms with Gasteiger partial charge in [-0.1, -0.05) is 0 Å². The Morgan fingerprint density at radius 2 is 2.00 bits per heavy atom. The van der Waals surface area contributed by atoms with Crippen LogP contribution in [0, 0.1) is 11.3 Å². The van der Waals surface area contributed by atoms with E-state index < -0.39 is 0 Å². The number of ether oxygens (including phenoxy) is 1. The Hall–Kier alpha value is -2.22. The summed E-state index contributed by atoms with van der Waals surface area (Å²) in [7, 11) is 1.61. The third-order valence-corrected chi connectivity index (χ3v) is 3.39. The van der Waals surface area contributed by atoms with E-state index in [1.165, 1.54) is 0 Å². The van der Waals surface area contributed by atoms with Gasteiger partial charge in [-0.15, -0.1) is 0 Å². The van der Waals surface area contributed by atoms with Crippen molar-refractivity contribution >= 4 is 11.6 Å². The molecule has 1 aliphatic rings. The fourth-order valence-corrected chi connectivity index (χ4v) is 2.26. The van der Waals surface area contributed by atoms with Crippen molar-refractivity contribution in [1.29, 1.82) is 5.26 Å². The van der Waals surface area contributed by atoms with Crippen molar-refractivity contribution in [2.24, 2.45) is 0 Å². The average molecular weight is 259 g/mol. The van der Waals surface area contributed by atoms with Gasteiger partial charge in [0.2, 0.25) is 5.91 Å². The lowest BCUT2D eigenvalue weighted by Gasteiger charge is -2.36. The monoisotopic (exact) mass is 259 g/mol. The third-order valence-electron chi connectivity index (χ3n) is 3.39. The SMILES string of the molecule is COc1ccc(C#N)c(N2CCN(C(C)=O)CC2)c1. The molecule has 2 rings (SSSR count). The third kappa shape index (κ3) is 2.79. The number of amides is 1. The number of nitrogens with zero attached hydrogens (tertiary/aromatic N) is 3. The summed E-state index contributed by atoms with van der Waals surface area (Å²) in [5.41, 5.74) is 1.52. The number of rotatable bonds is 2. The van der Waals surface area contributed by atoms with Crippen molar-refractivity contribution in [3.63, 3.8) is 0 Å². The molecule has 1 aromatic carbocycles. The van der Waals surface area contributed by atoms with Gasteiger partial charge >= 0.3 is 0 Å². The Balaban J connectivity index is 2.19. The van der Waals surface area contributed by atoms with Gasteiger partial charge in [0.1, 0.15) is 11.8 Å². The van der Waals surface area contributed by atoms with Crippen molar-refractivity contribution in [2.75, 3.05) is 38.2 Å². The number of carbonyl (C=O) groups is 1. The maximum atomic E-state index is 11.3. The fourth-order valence-electron chi connectivity index (χ4n) is 2.26. The van der Waals surface area contributed by atoms with Crippen molar-refractivity contribution in [3.05, 3.63) is 23.8 Å². The highest BCUT2D eigenvalue weighted by atomic mass is 16.5. The van der Waals surface area contributed by atoms with Crippen LogP contribution in [0.5, 0.6) is 5.75 Å². The van der Waals surface area contributed by atoms with Crippen molar-refractivity contribution in [3.8, 4) is 11.8 Å². The lowest BCUT2D eigenvalue weighted by atomic mass is 10.1. The first-order valence-corrected chi connectivity index (χ1v) is 6.24. The quantitative estimate of drug-likeness (QED) is 0.801. The predicted octanol–water partition coefficient (Wildman–Crippen LogP) is 1.24. The topological polar surface area (TPSA) is 56.6 Å². The van der Waals surface area contributed by atoms with Crippen LogP contribution in [0.15, 0.2) is 18.2 Å². The summed E-state index contributed by atoms with van der Waals surface area (Å²) in [4.78, 5) is 15.2. The van der Waals surface area contributed by atoms with E-state index in [1.807, 2.05) is 11.0 Å². The van der Waals surface area contributed by atoms with Gasteiger partial charge in [-0.25, -0.2) is 0 Å². The van der Waals surface area contributed by atoms with E-state index in [9.17, 15) is 10.1 Å². The molecule has 5 heteroatoms. The molecule has 100 valence electrons. The molecule has 0 saturated carbocycles. The van der Waals surface area contributed by atoms with Gasteiger partial charge in [-0.2, -0.15) is 5.26 Å². The first-order chi connectivity index (χ1) is 9.15. The Morgan fingerprint density at radius 3 is 2.53 bits per heavy atom. The number of anilines is 1. The standard InChI is InChI=1S/C14H17N3O2/c1-11(18)16-5-7-17(8-6-16)14-9-13(19-2)4-3-12(14)10-15/h3-4,9H,5-8H2,1-2H3. The van der Waals surface area contributed by atoms with Crippen molar-refractivity contribution in [2.45, 2.75) is 6.92 Å². The Kier molecular flexibility index (Phi) is 3.91. The number of carbonyl (C=O) groups excluding carboxylic acids is 1. The number of nitriles is 1. The van der Waals surface area contributed by atoms with Crippen LogP contribution in [0.4, 0.5) is 5.69 Å². The van der Waals surface area contributed by atoms with E-state index in [2.05, 4.69) is 11.0 Å². The van der Waals surface area contributed by atoms with Crippen LogP contribution in [-0.2, 0) is 4.79 Å². The van der Waals surface area contributed by atoms with Gasteiger partial charge in [0.15, 0.2) is 0 Å². The van der Waals surface area contributed by atoms with E-state index >= 15 is 0 Å². The number of hydrogen-bond acceptors (Lipinski definition) is 4. The minimum atomic E-state index is 0.103.